The first-order valence-corrected chi connectivity index (χ1v) is 6.30. The van der Waals surface area contributed by atoms with Crippen LogP contribution in [0.5, 0.6) is 0 Å². The Bertz CT molecular complexity index is 251. The van der Waals surface area contributed by atoms with E-state index >= 15 is 0 Å². The van der Waals surface area contributed by atoms with Gasteiger partial charge in [-0.25, -0.2) is 0 Å². The molecule has 2 aliphatic rings. The number of ether oxygens (including phenoxy) is 1. The molecule has 0 spiro atoms. The third-order valence-electron chi connectivity index (χ3n) is 3.64. The standard InChI is InChI=1S/C12H22N2O2/c1-9-3-5-14(10(2)7-9)12(15)11-8-16-6-4-13-11/h9-11,13H,3-8H2,1-2H3. The number of piperidine rings is 1. The summed E-state index contributed by atoms with van der Waals surface area (Å²) in [5, 5.41) is 3.23. The summed E-state index contributed by atoms with van der Waals surface area (Å²) in [6, 6.07) is 0.254. The van der Waals surface area contributed by atoms with Crippen molar-refractivity contribution in [3.63, 3.8) is 0 Å². The van der Waals surface area contributed by atoms with Crippen LogP contribution in [0.2, 0.25) is 0 Å². The Hall–Kier alpha value is -0.610. The molecule has 3 unspecified atom stereocenters. The maximum atomic E-state index is 12.3. The van der Waals surface area contributed by atoms with Gasteiger partial charge >= 0.3 is 0 Å². The first kappa shape index (κ1) is 11.9. The maximum Gasteiger partial charge on any atom is 0.242 e. The highest BCUT2D eigenvalue weighted by atomic mass is 16.5. The lowest BCUT2D eigenvalue weighted by atomic mass is 9.93. The maximum absolute atomic E-state index is 12.3. The minimum atomic E-state index is -0.121. The van der Waals surface area contributed by atoms with Gasteiger partial charge in [-0.15, -0.1) is 0 Å². The van der Waals surface area contributed by atoms with Crippen molar-refractivity contribution >= 4 is 5.91 Å². The molecule has 2 saturated heterocycles. The lowest BCUT2D eigenvalue weighted by Crippen LogP contribution is -2.56. The van der Waals surface area contributed by atoms with Gasteiger partial charge in [0.15, 0.2) is 0 Å². The predicted molar refractivity (Wildman–Crippen MR) is 62.2 cm³/mol. The lowest BCUT2D eigenvalue weighted by Gasteiger charge is -2.39. The molecule has 2 aliphatic heterocycles. The summed E-state index contributed by atoms with van der Waals surface area (Å²) in [4.78, 5) is 14.3. The molecule has 0 aromatic heterocycles. The number of nitrogens with zero attached hydrogens (tertiary/aromatic N) is 1. The topological polar surface area (TPSA) is 41.6 Å². The van der Waals surface area contributed by atoms with Gasteiger partial charge in [0.05, 0.1) is 13.2 Å². The number of hydrogen-bond acceptors (Lipinski definition) is 3. The van der Waals surface area contributed by atoms with Crippen LogP contribution in [0.25, 0.3) is 0 Å². The largest absolute Gasteiger partial charge is 0.378 e. The molecule has 0 aromatic rings. The number of likely N-dealkylation sites (tertiary alicyclic amines) is 1. The number of hydrogen-bond donors (Lipinski definition) is 1. The molecule has 92 valence electrons. The third-order valence-corrected chi connectivity index (χ3v) is 3.64. The zero-order valence-corrected chi connectivity index (χ0v) is 10.2. The average Bonchev–Trinajstić information content (AvgIpc) is 2.29. The minimum absolute atomic E-state index is 0.121. The summed E-state index contributed by atoms with van der Waals surface area (Å²) in [5.41, 5.74) is 0. The van der Waals surface area contributed by atoms with Crippen LogP contribution in [0, 0.1) is 5.92 Å². The van der Waals surface area contributed by atoms with Crippen LogP contribution in [0.3, 0.4) is 0 Å². The van der Waals surface area contributed by atoms with E-state index in [2.05, 4.69) is 19.2 Å². The van der Waals surface area contributed by atoms with Crippen molar-refractivity contribution in [3.8, 4) is 0 Å². The normalized spacial score (nSPS) is 36.1. The van der Waals surface area contributed by atoms with Crippen LogP contribution in [0.1, 0.15) is 26.7 Å². The van der Waals surface area contributed by atoms with Gasteiger partial charge < -0.3 is 15.0 Å². The molecule has 0 saturated carbocycles. The van der Waals surface area contributed by atoms with Gasteiger partial charge in [0, 0.05) is 19.1 Å². The number of morpholine rings is 1. The Balaban J connectivity index is 1.92. The molecule has 2 heterocycles. The second-order valence-corrected chi connectivity index (χ2v) is 5.09. The van der Waals surface area contributed by atoms with Crippen molar-refractivity contribution in [1.82, 2.24) is 10.2 Å². The predicted octanol–water partition coefficient (Wildman–Crippen LogP) is 0.622. The molecule has 0 bridgehead atoms. The van der Waals surface area contributed by atoms with Crippen molar-refractivity contribution in [2.45, 2.75) is 38.8 Å². The Labute approximate surface area is 97.3 Å². The molecule has 4 heteroatoms. The fraction of sp³-hybridized carbons (Fsp3) is 0.917. The van der Waals surface area contributed by atoms with Crippen LogP contribution in [-0.4, -0.2) is 49.2 Å². The van der Waals surface area contributed by atoms with Gasteiger partial charge in [-0.1, -0.05) is 6.92 Å². The molecule has 4 nitrogen and oxygen atoms in total. The van der Waals surface area contributed by atoms with E-state index in [4.69, 9.17) is 4.74 Å². The van der Waals surface area contributed by atoms with Gasteiger partial charge in [0.25, 0.3) is 0 Å². The quantitative estimate of drug-likeness (QED) is 0.713. The Morgan fingerprint density at radius 1 is 1.44 bits per heavy atom. The monoisotopic (exact) mass is 226 g/mol. The molecule has 2 rings (SSSR count). The van der Waals surface area contributed by atoms with Crippen LogP contribution in [0.15, 0.2) is 0 Å². The van der Waals surface area contributed by atoms with Crippen molar-refractivity contribution < 1.29 is 9.53 Å². The lowest BCUT2D eigenvalue weighted by molar-refractivity contribution is -0.140. The summed E-state index contributed by atoms with van der Waals surface area (Å²) in [6.45, 7) is 7.35. The van der Waals surface area contributed by atoms with E-state index in [1.54, 1.807) is 0 Å². The summed E-state index contributed by atoms with van der Waals surface area (Å²) in [5.74, 6) is 0.966. The number of carbonyl (C=O) groups excluding carboxylic acids is 1. The van der Waals surface area contributed by atoms with Gasteiger partial charge in [0.1, 0.15) is 6.04 Å². The van der Waals surface area contributed by atoms with E-state index in [0.29, 0.717) is 12.6 Å². The smallest absolute Gasteiger partial charge is 0.242 e. The molecule has 0 aliphatic carbocycles. The van der Waals surface area contributed by atoms with Crippen molar-refractivity contribution in [2.75, 3.05) is 26.3 Å². The van der Waals surface area contributed by atoms with Gasteiger partial charge in [-0.2, -0.15) is 0 Å². The van der Waals surface area contributed by atoms with Crippen molar-refractivity contribution in [3.05, 3.63) is 0 Å². The van der Waals surface area contributed by atoms with Gasteiger partial charge in [0.2, 0.25) is 5.91 Å². The number of amides is 1. The number of carbonyl (C=O) groups is 1. The van der Waals surface area contributed by atoms with Crippen LogP contribution in [-0.2, 0) is 9.53 Å². The molecule has 0 radical (unpaired) electrons. The molecule has 3 atom stereocenters. The molecule has 1 amide bonds. The summed E-state index contributed by atoms with van der Waals surface area (Å²) >= 11 is 0. The first-order chi connectivity index (χ1) is 7.68. The van der Waals surface area contributed by atoms with Crippen LogP contribution < -0.4 is 5.32 Å². The summed E-state index contributed by atoms with van der Waals surface area (Å²) < 4.78 is 5.34. The number of nitrogens with one attached hydrogen (secondary N) is 1. The fourth-order valence-corrected chi connectivity index (χ4v) is 2.66. The van der Waals surface area contributed by atoms with E-state index in [0.717, 1.165) is 38.5 Å². The molecule has 2 fully saturated rings. The van der Waals surface area contributed by atoms with Crippen molar-refractivity contribution in [1.29, 1.82) is 0 Å². The molecule has 0 aromatic carbocycles. The van der Waals surface area contributed by atoms with Gasteiger partial charge in [-0.05, 0) is 25.7 Å². The Morgan fingerprint density at radius 2 is 2.25 bits per heavy atom. The SMILES string of the molecule is CC1CCN(C(=O)C2COCCN2)C(C)C1. The molecule has 16 heavy (non-hydrogen) atoms. The zero-order valence-electron chi connectivity index (χ0n) is 10.2. The van der Waals surface area contributed by atoms with E-state index in [1.165, 1.54) is 0 Å². The molecular weight excluding hydrogens is 204 g/mol. The van der Waals surface area contributed by atoms with Gasteiger partial charge in [-0.3, -0.25) is 4.79 Å². The van der Waals surface area contributed by atoms with E-state index in [9.17, 15) is 4.79 Å². The zero-order chi connectivity index (χ0) is 11.5. The van der Waals surface area contributed by atoms with Crippen LogP contribution in [0.4, 0.5) is 0 Å². The molecule has 1 N–H and O–H groups in total. The van der Waals surface area contributed by atoms with Crippen LogP contribution >= 0.6 is 0 Å². The second-order valence-electron chi connectivity index (χ2n) is 5.09. The average molecular weight is 226 g/mol. The third kappa shape index (κ3) is 2.55. The number of rotatable bonds is 1. The second kappa shape index (κ2) is 5.15. The summed E-state index contributed by atoms with van der Waals surface area (Å²) in [6.07, 6.45) is 2.25. The van der Waals surface area contributed by atoms with Crippen molar-refractivity contribution in [2.24, 2.45) is 5.92 Å². The fourth-order valence-electron chi connectivity index (χ4n) is 2.66. The van der Waals surface area contributed by atoms with E-state index in [-0.39, 0.29) is 11.9 Å². The van der Waals surface area contributed by atoms with E-state index in [1.807, 2.05) is 4.90 Å². The molecular formula is C12H22N2O2. The summed E-state index contributed by atoms with van der Waals surface area (Å²) in [7, 11) is 0. The Kier molecular flexibility index (Phi) is 3.82. The highest BCUT2D eigenvalue weighted by Crippen LogP contribution is 2.22. The highest BCUT2D eigenvalue weighted by Gasteiger charge is 2.32. The first-order valence-electron chi connectivity index (χ1n) is 6.30. The highest BCUT2D eigenvalue weighted by molar-refractivity contribution is 5.82. The van der Waals surface area contributed by atoms with E-state index < -0.39 is 0 Å². The minimum Gasteiger partial charge on any atom is -0.378 e. The Morgan fingerprint density at radius 3 is 2.88 bits per heavy atom.